The highest BCUT2D eigenvalue weighted by molar-refractivity contribution is 5.91. The number of pyridine rings is 1. The number of hydrogen-bond donors (Lipinski definition) is 2. The number of nitrogens with two attached hydrogens (primary N) is 1. The van der Waals surface area contributed by atoms with Crippen molar-refractivity contribution >= 4 is 29.0 Å². The van der Waals surface area contributed by atoms with Gasteiger partial charge in [-0.1, -0.05) is 0 Å². The van der Waals surface area contributed by atoms with Crippen molar-refractivity contribution in [3.63, 3.8) is 0 Å². The maximum absolute atomic E-state index is 12.3. The van der Waals surface area contributed by atoms with Crippen LogP contribution in [-0.2, 0) is 11.2 Å². The second-order valence-electron chi connectivity index (χ2n) is 7.24. The highest BCUT2D eigenvalue weighted by atomic mass is 16.6. The van der Waals surface area contributed by atoms with Crippen molar-refractivity contribution in [2.45, 2.75) is 39.7 Å². The van der Waals surface area contributed by atoms with Crippen LogP contribution in [0, 0.1) is 6.92 Å². The second kappa shape index (κ2) is 6.27. The average Bonchev–Trinajstić information content (AvgIpc) is 2.92. The van der Waals surface area contributed by atoms with E-state index in [1.54, 1.807) is 4.90 Å². The van der Waals surface area contributed by atoms with E-state index < -0.39 is 5.60 Å². The Kier molecular flexibility index (Phi) is 4.29. The molecule has 0 saturated carbocycles. The van der Waals surface area contributed by atoms with E-state index in [0.29, 0.717) is 18.1 Å². The van der Waals surface area contributed by atoms with Crippen molar-refractivity contribution in [3.8, 4) is 0 Å². The molecule has 3 rings (SSSR count). The maximum Gasteiger partial charge on any atom is 0.414 e. The molecule has 132 valence electrons. The fraction of sp³-hybridized carbons (Fsp3) is 0.368. The van der Waals surface area contributed by atoms with E-state index in [2.05, 4.69) is 10.3 Å². The third-order valence-electron chi connectivity index (χ3n) is 3.92. The van der Waals surface area contributed by atoms with Crippen LogP contribution in [-0.4, -0.2) is 23.2 Å². The lowest BCUT2D eigenvalue weighted by Gasteiger charge is -2.24. The lowest BCUT2D eigenvalue weighted by molar-refractivity contribution is 0.0584. The summed E-state index contributed by atoms with van der Waals surface area (Å²) in [7, 11) is 0. The van der Waals surface area contributed by atoms with E-state index in [4.69, 9.17) is 10.5 Å². The second-order valence-corrected chi connectivity index (χ2v) is 7.24. The number of nitrogens with zero attached hydrogens (tertiary/aromatic N) is 2. The molecule has 6 heteroatoms. The SMILES string of the molecule is Cc1ccc(N)c(Nc2ccc3c(c2)CCN3C(=O)OC(C)(C)C)n1. The van der Waals surface area contributed by atoms with E-state index in [0.717, 1.165) is 29.1 Å². The van der Waals surface area contributed by atoms with Gasteiger partial charge in [-0.05, 0) is 70.0 Å². The lowest BCUT2D eigenvalue weighted by atomic mass is 10.1. The molecule has 0 bridgehead atoms. The van der Waals surface area contributed by atoms with E-state index in [-0.39, 0.29) is 6.09 Å². The molecule has 2 heterocycles. The summed E-state index contributed by atoms with van der Waals surface area (Å²) in [6.07, 6.45) is 0.484. The number of aromatic nitrogens is 1. The minimum absolute atomic E-state index is 0.309. The molecule has 0 aliphatic carbocycles. The molecule has 6 nitrogen and oxygen atoms in total. The monoisotopic (exact) mass is 340 g/mol. The summed E-state index contributed by atoms with van der Waals surface area (Å²) in [6.45, 7) is 8.15. The quantitative estimate of drug-likeness (QED) is 0.863. The van der Waals surface area contributed by atoms with Crippen LogP contribution in [0.25, 0.3) is 0 Å². The minimum atomic E-state index is -0.504. The Morgan fingerprint density at radius 1 is 1.28 bits per heavy atom. The van der Waals surface area contributed by atoms with Crippen LogP contribution < -0.4 is 16.0 Å². The summed E-state index contributed by atoms with van der Waals surface area (Å²) in [5.41, 5.74) is 9.86. The fourth-order valence-corrected chi connectivity index (χ4v) is 2.79. The summed E-state index contributed by atoms with van der Waals surface area (Å²) in [5, 5.41) is 3.25. The highest BCUT2D eigenvalue weighted by Crippen LogP contribution is 2.33. The highest BCUT2D eigenvalue weighted by Gasteiger charge is 2.29. The normalized spacial score (nSPS) is 13.5. The number of benzene rings is 1. The molecule has 0 unspecified atom stereocenters. The molecule has 2 aromatic rings. The van der Waals surface area contributed by atoms with Gasteiger partial charge in [-0.2, -0.15) is 0 Å². The third kappa shape index (κ3) is 3.84. The van der Waals surface area contributed by atoms with Crippen molar-refractivity contribution in [2.24, 2.45) is 0 Å². The molecule has 1 aliphatic rings. The molecule has 1 aromatic heterocycles. The summed E-state index contributed by atoms with van der Waals surface area (Å²) in [6, 6.07) is 9.60. The van der Waals surface area contributed by atoms with Crippen LogP contribution in [0.5, 0.6) is 0 Å². The van der Waals surface area contributed by atoms with Crippen LogP contribution >= 0.6 is 0 Å². The molecule has 0 saturated heterocycles. The number of nitrogens with one attached hydrogen (secondary N) is 1. The van der Waals surface area contributed by atoms with Gasteiger partial charge in [0.25, 0.3) is 0 Å². The molecule has 1 amide bonds. The maximum atomic E-state index is 12.3. The Labute approximate surface area is 148 Å². The van der Waals surface area contributed by atoms with E-state index in [1.165, 1.54) is 0 Å². The number of fused-ring (bicyclic) bond motifs is 1. The molecular formula is C19H24N4O2. The Balaban J connectivity index is 1.80. The number of carbonyl (C=O) groups excluding carboxylic acids is 1. The van der Waals surface area contributed by atoms with Gasteiger partial charge in [0.2, 0.25) is 0 Å². The average molecular weight is 340 g/mol. The van der Waals surface area contributed by atoms with E-state index in [9.17, 15) is 4.79 Å². The van der Waals surface area contributed by atoms with Crippen LogP contribution in [0.3, 0.4) is 0 Å². The molecule has 0 fully saturated rings. The van der Waals surface area contributed by atoms with Crippen molar-refractivity contribution in [1.29, 1.82) is 0 Å². The zero-order chi connectivity index (χ0) is 18.2. The summed E-state index contributed by atoms with van der Waals surface area (Å²) >= 11 is 0. The Morgan fingerprint density at radius 2 is 2.04 bits per heavy atom. The number of rotatable bonds is 2. The van der Waals surface area contributed by atoms with Crippen molar-refractivity contribution in [1.82, 2.24) is 4.98 Å². The van der Waals surface area contributed by atoms with Gasteiger partial charge in [0, 0.05) is 17.9 Å². The van der Waals surface area contributed by atoms with E-state index in [1.807, 2.05) is 58.0 Å². The molecule has 0 spiro atoms. The summed E-state index contributed by atoms with van der Waals surface area (Å²) < 4.78 is 5.48. The predicted octanol–water partition coefficient (Wildman–Crippen LogP) is 4.01. The Hall–Kier alpha value is -2.76. The first-order chi connectivity index (χ1) is 11.7. The van der Waals surface area contributed by atoms with Gasteiger partial charge >= 0.3 is 6.09 Å². The van der Waals surface area contributed by atoms with E-state index >= 15 is 0 Å². The van der Waals surface area contributed by atoms with Gasteiger partial charge in [0.05, 0.1) is 11.4 Å². The third-order valence-corrected chi connectivity index (χ3v) is 3.92. The van der Waals surface area contributed by atoms with Crippen molar-refractivity contribution < 1.29 is 9.53 Å². The number of ether oxygens (including phenoxy) is 1. The largest absolute Gasteiger partial charge is 0.443 e. The molecule has 25 heavy (non-hydrogen) atoms. The first-order valence-electron chi connectivity index (χ1n) is 8.36. The molecule has 3 N–H and O–H groups in total. The van der Waals surface area contributed by atoms with Crippen LogP contribution in [0.15, 0.2) is 30.3 Å². The molecular weight excluding hydrogens is 316 g/mol. The zero-order valence-corrected chi connectivity index (χ0v) is 15.1. The van der Waals surface area contributed by atoms with Crippen LogP contribution in [0.1, 0.15) is 32.0 Å². The number of carbonyl (C=O) groups is 1. The Morgan fingerprint density at radius 3 is 2.76 bits per heavy atom. The Bertz CT molecular complexity index is 812. The lowest BCUT2D eigenvalue weighted by Crippen LogP contribution is -2.35. The molecule has 1 aromatic carbocycles. The minimum Gasteiger partial charge on any atom is -0.443 e. The van der Waals surface area contributed by atoms with Gasteiger partial charge in [-0.3, -0.25) is 4.90 Å². The van der Waals surface area contributed by atoms with Crippen molar-refractivity contribution in [3.05, 3.63) is 41.6 Å². The standard InChI is InChI=1S/C19H24N4O2/c1-12-5-7-15(20)17(21-12)22-14-6-8-16-13(11-14)9-10-23(16)18(24)25-19(2,3)4/h5-8,11H,9-10,20H2,1-4H3,(H,21,22). The predicted molar refractivity (Wildman–Crippen MR) is 100 cm³/mol. The summed E-state index contributed by atoms with van der Waals surface area (Å²) in [4.78, 5) is 18.5. The topological polar surface area (TPSA) is 80.5 Å². The van der Waals surface area contributed by atoms with Gasteiger partial charge in [0.1, 0.15) is 5.60 Å². The zero-order valence-electron chi connectivity index (χ0n) is 15.1. The van der Waals surface area contributed by atoms with Gasteiger partial charge in [-0.15, -0.1) is 0 Å². The molecule has 0 radical (unpaired) electrons. The number of amides is 1. The number of hydrogen-bond acceptors (Lipinski definition) is 5. The van der Waals surface area contributed by atoms with Crippen molar-refractivity contribution in [2.75, 3.05) is 22.5 Å². The fourth-order valence-electron chi connectivity index (χ4n) is 2.79. The van der Waals surface area contributed by atoms with Crippen LogP contribution in [0.2, 0.25) is 0 Å². The van der Waals surface area contributed by atoms with Gasteiger partial charge < -0.3 is 15.8 Å². The number of anilines is 4. The first kappa shape index (κ1) is 17.1. The number of nitrogen functional groups attached to an aromatic ring is 1. The molecule has 1 aliphatic heterocycles. The summed E-state index contributed by atoms with van der Waals surface area (Å²) in [5.74, 6) is 0.641. The first-order valence-corrected chi connectivity index (χ1v) is 8.36. The van der Waals surface area contributed by atoms with Gasteiger partial charge in [-0.25, -0.2) is 9.78 Å². The van der Waals surface area contributed by atoms with Gasteiger partial charge in [0.15, 0.2) is 5.82 Å². The smallest absolute Gasteiger partial charge is 0.414 e. The molecule has 0 atom stereocenters. The number of aryl methyl sites for hydroxylation is 1. The van der Waals surface area contributed by atoms with Crippen LogP contribution in [0.4, 0.5) is 27.7 Å².